The van der Waals surface area contributed by atoms with Gasteiger partial charge in [0.1, 0.15) is 5.17 Å². The third-order valence-corrected chi connectivity index (χ3v) is 3.98. The second-order valence-corrected chi connectivity index (χ2v) is 5.62. The van der Waals surface area contributed by atoms with Gasteiger partial charge in [0.2, 0.25) is 22.0 Å². The smallest absolute Gasteiger partial charge is 0.246 e. The lowest BCUT2D eigenvalue weighted by atomic mass is 10.3. The molecule has 0 bridgehead atoms. The van der Waals surface area contributed by atoms with Crippen molar-refractivity contribution in [1.29, 1.82) is 0 Å². The quantitative estimate of drug-likeness (QED) is 0.581. The van der Waals surface area contributed by atoms with Crippen LogP contribution in [0.15, 0.2) is 11.9 Å². The minimum absolute atomic E-state index is 0.188. The van der Waals surface area contributed by atoms with Crippen LogP contribution in [0.1, 0.15) is 19.8 Å². The Morgan fingerprint density at radius 2 is 2.00 bits per heavy atom. The van der Waals surface area contributed by atoms with E-state index in [1.54, 1.807) is 11.1 Å². The van der Waals surface area contributed by atoms with Gasteiger partial charge in [-0.25, -0.2) is 4.48 Å². The first-order valence-corrected chi connectivity index (χ1v) is 7.01. The first-order chi connectivity index (χ1) is 8.76. The van der Waals surface area contributed by atoms with E-state index in [4.69, 9.17) is 36.7 Å². The van der Waals surface area contributed by atoms with Crippen molar-refractivity contribution in [1.82, 2.24) is 4.90 Å². The zero-order valence-corrected chi connectivity index (χ0v) is 13.1. The summed E-state index contributed by atoms with van der Waals surface area (Å²) in [7, 11) is 1.49. The van der Waals surface area contributed by atoms with Crippen LogP contribution in [0.25, 0.3) is 0 Å². The van der Waals surface area contributed by atoms with Gasteiger partial charge in [-0.3, -0.25) is 0 Å². The van der Waals surface area contributed by atoms with Gasteiger partial charge in [0.05, 0.1) is 13.2 Å². The molecule has 0 aromatic heterocycles. The van der Waals surface area contributed by atoms with E-state index in [-0.39, 0.29) is 10.7 Å². The van der Waals surface area contributed by atoms with Crippen LogP contribution in [0.3, 0.4) is 0 Å². The predicted octanol–water partition coefficient (Wildman–Crippen LogP) is 1.13. The van der Waals surface area contributed by atoms with Gasteiger partial charge in [-0.2, -0.15) is 0 Å². The highest BCUT2D eigenvalue weighted by Crippen LogP contribution is 2.32. The van der Waals surface area contributed by atoms with E-state index >= 15 is 0 Å². The molecule has 5 nitrogen and oxygen atoms in total. The Hall–Kier alpha value is -0.830. The number of aliphatic hydroxyl groups excluding tert-OH is 2. The summed E-state index contributed by atoms with van der Waals surface area (Å²) < 4.78 is -0.510. The van der Waals surface area contributed by atoms with Crippen molar-refractivity contribution in [3.63, 3.8) is 0 Å². The van der Waals surface area contributed by atoms with E-state index in [9.17, 15) is 15.3 Å². The topological polar surface area (TPSA) is 66.8 Å². The van der Waals surface area contributed by atoms with Crippen LogP contribution in [0.5, 0.6) is 0 Å². The molecule has 0 fully saturated rings. The molecule has 0 radical (unpaired) electrons. The molecule has 0 amide bonds. The first kappa shape index (κ1) is 16.2. The van der Waals surface area contributed by atoms with Gasteiger partial charge >= 0.3 is 0 Å². The molecule has 0 saturated heterocycles. The Bertz CT molecular complexity index is 452. The molecule has 0 spiro atoms. The summed E-state index contributed by atoms with van der Waals surface area (Å²) in [5, 5.41) is 29.7. The second-order valence-electron chi connectivity index (χ2n) is 4.46. The normalized spacial score (nSPS) is 26.1. The highest BCUT2D eigenvalue weighted by Gasteiger charge is 2.50. The van der Waals surface area contributed by atoms with Crippen molar-refractivity contribution in [2.24, 2.45) is 0 Å². The van der Waals surface area contributed by atoms with E-state index in [1.807, 2.05) is 6.92 Å². The average Bonchev–Trinajstić information content (AvgIpc) is 2.61. The summed E-state index contributed by atoms with van der Waals surface area (Å²) >= 11 is 14.3. The van der Waals surface area contributed by atoms with Crippen LogP contribution in [0.4, 0.5) is 0 Å². The van der Waals surface area contributed by atoms with Crippen molar-refractivity contribution in [3.05, 3.63) is 11.9 Å². The van der Waals surface area contributed by atoms with Crippen molar-refractivity contribution in [2.75, 3.05) is 13.6 Å². The van der Waals surface area contributed by atoms with Crippen molar-refractivity contribution < 1.29 is 19.8 Å². The first-order valence-electron chi connectivity index (χ1n) is 5.78. The highest BCUT2D eigenvalue weighted by atomic mass is 32.1. The summed E-state index contributed by atoms with van der Waals surface area (Å²) in [6.45, 7) is 2.61. The second kappa shape index (κ2) is 6.08. The third-order valence-electron chi connectivity index (χ3n) is 3.18. The molecule has 106 valence electrons. The summed E-state index contributed by atoms with van der Waals surface area (Å²) in [5.74, 6) is 0. The van der Waals surface area contributed by atoms with Gasteiger partial charge < -0.3 is 20.2 Å². The molecule has 0 saturated carbocycles. The lowest BCUT2D eigenvalue weighted by molar-refractivity contribution is -0.821. The molecule has 0 aliphatic carbocycles. The van der Waals surface area contributed by atoms with E-state index in [0.29, 0.717) is 6.54 Å². The minimum atomic E-state index is -0.813. The van der Waals surface area contributed by atoms with Gasteiger partial charge in [-0.15, -0.1) is 0 Å². The van der Waals surface area contributed by atoms with Crippen LogP contribution in [0.2, 0.25) is 0 Å². The van der Waals surface area contributed by atoms with Crippen LogP contribution < -0.4 is 5.11 Å². The zero-order chi connectivity index (χ0) is 14.8. The number of likely N-dealkylation sites (N-methyl/N-ethyl adjacent to an activating group) is 1. The Kier molecular flexibility index (Phi) is 5.19. The Morgan fingerprint density at radius 3 is 2.37 bits per heavy atom. The number of hydrogen-bond acceptors (Lipinski definition) is 5. The fraction of sp³-hybridized carbons (Fsp3) is 0.545. The number of thiocarbonyl (C=S) groups is 3. The van der Waals surface area contributed by atoms with Crippen molar-refractivity contribution in [2.45, 2.75) is 25.9 Å². The molecule has 2 unspecified atom stereocenters. The maximum absolute atomic E-state index is 11.8. The van der Waals surface area contributed by atoms with Crippen LogP contribution >= 0.6 is 36.7 Å². The molecule has 1 rings (SSSR count). The van der Waals surface area contributed by atoms with E-state index in [1.165, 1.54) is 7.05 Å². The minimum Gasteiger partial charge on any atom is -0.822 e. The monoisotopic (exact) mass is 320 g/mol. The molecule has 1 aliphatic rings. The predicted molar refractivity (Wildman–Crippen MR) is 82.7 cm³/mol. The fourth-order valence-corrected chi connectivity index (χ4v) is 2.91. The lowest BCUT2D eigenvalue weighted by Gasteiger charge is -2.39. The number of hydrogen-bond donors (Lipinski definition) is 2. The maximum Gasteiger partial charge on any atom is 0.246 e. The molecule has 8 heteroatoms. The number of rotatable bonds is 5. The van der Waals surface area contributed by atoms with Crippen molar-refractivity contribution in [3.8, 4) is 0 Å². The summed E-state index contributed by atoms with van der Waals surface area (Å²) in [6.07, 6.45) is 2.54. The summed E-state index contributed by atoms with van der Waals surface area (Å²) in [4.78, 5) is 1.70. The molecular formula is C11H16N2O3S3. The van der Waals surface area contributed by atoms with Gasteiger partial charge in [-0.1, -0.05) is 13.3 Å². The molecule has 1 heterocycles. The standard InChI is InChI=1S/C11H16N2O3S3/c1-3-4-5-12-6-7(9(14)17)13(2,11(16)19)8(12)10(15)18/h6,8H,3-5H2,1-2H3,(H2-,14,15,16,17,18,19). The molecule has 1 aliphatic heterocycles. The number of nitrogens with zero attached hydrogens (tertiary/aromatic N) is 2. The van der Waals surface area contributed by atoms with Gasteiger partial charge in [0.15, 0.2) is 0 Å². The molecule has 2 N–H and O–H groups in total. The number of quaternary nitrogens is 1. The Balaban J connectivity index is 3.26. The summed E-state index contributed by atoms with van der Waals surface area (Å²) in [6, 6.07) is 0. The highest BCUT2D eigenvalue weighted by molar-refractivity contribution is 7.80. The van der Waals surface area contributed by atoms with E-state index in [2.05, 4.69) is 0 Å². The third kappa shape index (κ3) is 2.86. The fourth-order valence-electron chi connectivity index (χ4n) is 2.12. The van der Waals surface area contributed by atoms with Gasteiger partial charge in [0.25, 0.3) is 0 Å². The van der Waals surface area contributed by atoms with Gasteiger partial charge in [-0.05, 0) is 43.1 Å². The molecule has 0 aromatic carbocycles. The molecular weight excluding hydrogens is 304 g/mol. The SMILES string of the molecule is CCCCN1C=C(C(O)=S)[N+](C)(C([O-])=S)C1C(O)=S. The molecule has 2 atom stereocenters. The Morgan fingerprint density at radius 1 is 1.42 bits per heavy atom. The van der Waals surface area contributed by atoms with Crippen molar-refractivity contribution >= 4 is 51.9 Å². The molecule has 0 aromatic rings. The number of aliphatic hydroxyl groups is 2. The van der Waals surface area contributed by atoms with Crippen LogP contribution in [0, 0.1) is 0 Å². The van der Waals surface area contributed by atoms with E-state index in [0.717, 1.165) is 12.8 Å². The summed E-state index contributed by atoms with van der Waals surface area (Å²) in [5.41, 5.74) is 0.188. The van der Waals surface area contributed by atoms with Crippen LogP contribution in [-0.2, 0) is 0 Å². The molecule has 19 heavy (non-hydrogen) atoms. The zero-order valence-electron chi connectivity index (χ0n) is 10.7. The van der Waals surface area contributed by atoms with E-state index < -0.39 is 20.9 Å². The number of unbranched alkanes of at least 4 members (excludes halogenated alkanes) is 1. The largest absolute Gasteiger partial charge is 0.822 e. The lowest BCUT2D eigenvalue weighted by Crippen LogP contribution is -2.63. The Labute approximate surface area is 128 Å². The maximum atomic E-state index is 11.8. The average molecular weight is 320 g/mol. The van der Waals surface area contributed by atoms with Crippen LogP contribution in [-0.4, -0.2) is 54.6 Å². The van der Waals surface area contributed by atoms with Gasteiger partial charge in [0, 0.05) is 6.54 Å².